The van der Waals surface area contributed by atoms with Crippen molar-refractivity contribution in [1.82, 2.24) is 15.2 Å². The second-order valence-corrected chi connectivity index (χ2v) is 12.5. The molecule has 0 bridgehead atoms. The second-order valence-electron chi connectivity index (χ2n) is 8.05. The third-order valence-corrected chi connectivity index (χ3v) is 9.43. The first kappa shape index (κ1) is 27.6. The number of nitrogens with one attached hydrogen (secondary N) is 2. The minimum Gasteiger partial charge on any atom is -0.322 e. The molecule has 0 radical (unpaired) electrons. The fourth-order valence-corrected chi connectivity index (χ4v) is 6.94. The lowest BCUT2D eigenvalue weighted by molar-refractivity contribution is -0.384. The molecular weight excluding hydrogens is 596 g/mol. The number of hydrogen-bond donors (Lipinski definition) is 2. The van der Waals surface area contributed by atoms with Gasteiger partial charge in [0.2, 0.25) is 11.0 Å². The maximum Gasteiger partial charge on any atom is 0.269 e. The Labute approximate surface area is 242 Å². The molecule has 5 rings (SSSR count). The minimum absolute atomic E-state index is 0.0908. The van der Waals surface area contributed by atoms with Crippen molar-refractivity contribution in [3.63, 3.8) is 0 Å². The van der Waals surface area contributed by atoms with Crippen LogP contribution >= 0.6 is 46.2 Å². The molecule has 0 unspecified atom stereocenters. The van der Waals surface area contributed by atoms with E-state index < -0.39 is 10.8 Å². The van der Waals surface area contributed by atoms with Crippen LogP contribution in [0.3, 0.4) is 0 Å². The van der Waals surface area contributed by atoms with E-state index in [1.165, 1.54) is 82.6 Å². The number of benzene rings is 3. The molecule has 3 aromatic carbocycles. The molecule has 0 aliphatic rings. The molecule has 5 aromatic rings. The Morgan fingerprint density at radius 3 is 2.45 bits per heavy atom. The number of amides is 2. The average molecular weight is 613 g/mol. The average Bonchev–Trinajstić information content (AvgIpc) is 3.57. The molecule has 0 spiro atoms. The Morgan fingerprint density at radius 1 is 0.925 bits per heavy atom. The number of nitro benzene ring substituents is 1. The van der Waals surface area contributed by atoms with Crippen molar-refractivity contribution in [1.29, 1.82) is 0 Å². The zero-order chi connectivity index (χ0) is 28.1. The number of rotatable bonds is 10. The highest BCUT2D eigenvalue weighted by Gasteiger charge is 2.13. The fourth-order valence-electron chi connectivity index (χ4n) is 3.31. The molecule has 10 nitrogen and oxygen atoms in total. The predicted octanol–water partition coefficient (Wildman–Crippen LogP) is 6.47. The zero-order valence-electron chi connectivity index (χ0n) is 20.2. The highest BCUT2D eigenvalue weighted by atomic mass is 32.2. The summed E-state index contributed by atoms with van der Waals surface area (Å²) in [6.45, 7) is 0. The number of thiazole rings is 1. The molecule has 15 heteroatoms. The van der Waals surface area contributed by atoms with Gasteiger partial charge in [0.25, 0.3) is 11.6 Å². The van der Waals surface area contributed by atoms with Gasteiger partial charge in [-0.05, 0) is 48.0 Å². The third kappa shape index (κ3) is 7.18. The Hall–Kier alpha value is -3.92. The quantitative estimate of drug-likeness (QED) is 0.0786. The molecule has 40 heavy (non-hydrogen) atoms. The molecule has 0 fully saturated rings. The Kier molecular flexibility index (Phi) is 8.64. The van der Waals surface area contributed by atoms with E-state index in [0.717, 1.165) is 15.8 Å². The van der Waals surface area contributed by atoms with Crippen LogP contribution in [-0.2, 0) is 10.5 Å². The lowest BCUT2D eigenvalue weighted by Gasteiger charge is -2.05. The van der Waals surface area contributed by atoms with Crippen LogP contribution in [0.15, 0.2) is 75.4 Å². The summed E-state index contributed by atoms with van der Waals surface area (Å²) in [4.78, 5) is 39.8. The van der Waals surface area contributed by atoms with Gasteiger partial charge >= 0.3 is 0 Å². The molecule has 0 aliphatic carbocycles. The van der Waals surface area contributed by atoms with Crippen LogP contribution in [-0.4, -0.2) is 37.7 Å². The molecule has 202 valence electrons. The molecule has 0 saturated carbocycles. The molecule has 2 N–H and O–H groups in total. The lowest BCUT2D eigenvalue weighted by atomic mass is 10.2. The smallest absolute Gasteiger partial charge is 0.269 e. The van der Waals surface area contributed by atoms with Crippen molar-refractivity contribution in [2.24, 2.45) is 0 Å². The van der Waals surface area contributed by atoms with Gasteiger partial charge in [0.05, 0.1) is 20.9 Å². The van der Waals surface area contributed by atoms with Crippen molar-refractivity contribution in [2.45, 2.75) is 14.4 Å². The van der Waals surface area contributed by atoms with Gasteiger partial charge < -0.3 is 5.32 Å². The Balaban J connectivity index is 1.12. The van der Waals surface area contributed by atoms with E-state index in [1.807, 2.05) is 0 Å². The summed E-state index contributed by atoms with van der Waals surface area (Å²) < 4.78 is 15.2. The van der Waals surface area contributed by atoms with E-state index in [4.69, 9.17) is 0 Å². The normalized spacial score (nSPS) is 10.9. The first-order chi connectivity index (χ1) is 19.3. The number of carbonyl (C=O) groups excluding carboxylic acids is 2. The van der Waals surface area contributed by atoms with Gasteiger partial charge in [-0.25, -0.2) is 9.37 Å². The van der Waals surface area contributed by atoms with Crippen LogP contribution in [0, 0.1) is 15.9 Å². The van der Waals surface area contributed by atoms with Crippen molar-refractivity contribution >= 4 is 84.7 Å². The number of nitro groups is 1. The van der Waals surface area contributed by atoms with E-state index in [1.54, 1.807) is 30.3 Å². The van der Waals surface area contributed by atoms with Crippen LogP contribution in [0.25, 0.3) is 10.2 Å². The molecule has 0 atom stereocenters. The minimum atomic E-state index is -0.524. The molecule has 2 heterocycles. The SMILES string of the molecule is O=C(CSc1nc2ccc(NC(=O)c3ccc([N+](=O)[O-])cc3)cc2s1)Nc1nnc(SCc2ccc(F)cc2)s1. The fraction of sp³-hybridized carbons (Fsp3) is 0.0800. The maximum atomic E-state index is 13.0. The van der Waals surface area contributed by atoms with Gasteiger partial charge in [0, 0.05) is 29.1 Å². The zero-order valence-corrected chi connectivity index (χ0v) is 23.5. The number of fused-ring (bicyclic) bond motifs is 1. The molecule has 2 amide bonds. The van der Waals surface area contributed by atoms with Crippen LogP contribution in [0.1, 0.15) is 15.9 Å². The number of non-ortho nitro benzene ring substituents is 1. The Bertz CT molecular complexity index is 1690. The van der Waals surface area contributed by atoms with Crippen LogP contribution < -0.4 is 10.6 Å². The molecule has 0 saturated heterocycles. The maximum absolute atomic E-state index is 13.0. The summed E-state index contributed by atoms with van der Waals surface area (Å²) in [6.07, 6.45) is 0. The standard InChI is InChI=1S/C25H17FN6O4S4/c26-16-5-1-14(2-6-16)12-37-25-31-30-23(40-25)29-21(33)13-38-24-28-19-10-7-17(11-20(19)39-24)27-22(34)15-3-8-18(9-4-15)32(35)36/h1-11H,12-13H2,(H,27,34)(H,29,30,33). The number of halogens is 1. The number of thioether (sulfide) groups is 2. The van der Waals surface area contributed by atoms with E-state index >= 15 is 0 Å². The number of anilines is 2. The summed E-state index contributed by atoms with van der Waals surface area (Å²) in [5.41, 5.74) is 2.45. The van der Waals surface area contributed by atoms with E-state index in [2.05, 4.69) is 25.8 Å². The topological polar surface area (TPSA) is 140 Å². The van der Waals surface area contributed by atoms with Gasteiger partial charge in [0.15, 0.2) is 8.68 Å². The summed E-state index contributed by atoms with van der Waals surface area (Å²) >= 11 is 5.39. The van der Waals surface area contributed by atoms with E-state index in [9.17, 15) is 24.1 Å². The van der Waals surface area contributed by atoms with Gasteiger partial charge in [-0.3, -0.25) is 25.0 Å². The molecular formula is C25H17FN6O4S4. The van der Waals surface area contributed by atoms with Gasteiger partial charge in [0.1, 0.15) is 5.82 Å². The first-order valence-electron chi connectivity index (χ1n) is 11.4. The van der Waals surface area contributed by atoms with Crippen molar-refractivity contribution < 1.29 is 18.9 Å². The molecule has 2 aromatic heterocycles. The van der Waals surface area contributed by atoms with Crippen molar-refractivity contribution in [3.8, 4) is 0 Å². The number of aromatic nitrogens is 3. The highest BCUT2D eigenvalue weighted by molar-refractivity contribution is 8.01. The number of carbonyl (C=O) groups is 2. The summed E-state index contributed by atoms with van der Waals surface area (Å²) in [6, 6.07) is 16.9. The van der Waals surface area contributed by atoms with E-state index in [0.29, 0.717) is 30.8 Å². The van der Waals surface area contributed by atoms with Crippen molar-refractivity contribution in [2.75, 3.05) is 16.4 Å². The van der Waals surface area contributed by atoms with E-state index in [-0.39, 0.29) is 23.2 Å². The Morgan fingerprint density at radius 2 is 1.70 bits per heavy atom. The van der Waals surface area contributed by atoms with Crippen LogP contribution in [0.4, 0.5) is 20.9 Å². The first-order valence-corrected chi connectivity index (χ1v) is 15.0. The molecule has 0 aliphatic heterocycles. The van der Waals surface area contributed by atoms with Gasteiger partial charge in [-0.15, -0.1) is 21.5 Å². The highest BCUT2D eigenvalue weighted by Crippen LogP contribution is 2.32. The summed E-state index contributed by atoms with van der Waals surface area (Å²) in [5, 5.41) is 24.8. The third-order valence-electron chi connectivity index (χ3n) is 5.22. The van der Waals surface area contributed by atoms with Crippen LogP contribution in [0.5, 0.6) is 0 Å². The predicted molar refractivity (Wildman–Crippen MR) is 156 cm³/mol. The largest absolute Gasteiger partial charge is 0.322 e. The summed E-state index contributed by atoms with van der Waals surface area (Å²) in [7, 11) is 0. The lowest BCUT2D eigenvalue weighted by Crippen LogP contribution is -2.13. The van der Waals surface area contributed by atoms with Crippen LogP contribution in [0.2, 0.25) is 0 Å². The number of nitrogens with zero attached hydrogens (tertiary/aromatic N) is 4. The van der Waals surface area contributed by atoms with Gasteiger partial charge in [-0.1, -0.05) is 47.0 Å². The monoisotopic (exact) mass is 612 g/mol. The summed E-state index contributed by atoms with van der Waals surface area (Å²) in [5.74, 6) is -0.182. The number of hydrogen-bond acceptors (Lipinski definition) is 11. The van der Waals surface area contributed by atoms with Crippen molar-refractivity contribution in [3.05, 3.63) is 93.8 Å². The van der Waals surface area contributed by atoms with Gasteiger partial charge in [-0.2, -0.15) is 0 Å². The second kappa shape index (κ2) is 12.5.